The number of nitro groups is 1. The minimum atomic E-state index is -0.496. The molecule has 2 aliphatic rings. The molecule has 25 heavy (non-hydrogen) atoms. The third kappa shape index (κ3) is 3.10. The molecule has 0 bridgehead atoms. The fraction of sp³-hybridized carbons (Fsp3) is 0.556. The summed E-state index contributed by atoms with van der Waals surface area (Å²) in [5, 5.41) is 15.3. The number of hydrogen-bond acceptors (Lipinski definition) is 5. The Morgan fingerprint density at radius 1 is 1.44 bits per heavy atom. The molecule has 2 aliphatic carbocycles. The van der Waals surface area contributed by atoms with Gasteiger partial charge in [-0.1, -0.05) is 19.8 Å². The van der Waals surface area contributed by atoms with E-state index in [1.807, 2.05) is 0 Å². The van der Waals surface area contributed by atoms with Crippen molar-refractivity contribution in [3.63, 3.8) is 0 Å². The van der Waals surface area contributed by atoms with Crippen LogP contribution in [0.3, 0.4) is 0 Å². The first kappa shape index (κ1) is 17.4. The van der Waals surface area contributed by atoms with Crippen LogP contribution in [-0.2, 0) is 4.79 Å². The number of nitrogens with one attached hydrogen (secondary N) is 1. The Labute approximate surface area is 146 Å². The first-order valence-electron chi connectivity index (χ1n) is 8.55. The van der Waals surface area contributed by atoms with Gasteiger partial charge in [0.25, 0.3) is 0 Å². The molecule has 1 amide bonds. The van der Waals surface area contributed by atoms with Gasteiger partial charge >= 0.3 is 5.69 Å². The Morgan fingerprint density at radius 2 is 2.20 bits per heavy atom. The van der Waals surface area contributed by atoms with Crippen molar-refractivity contribution in [2.45, 2.75) is 39.5 Å². The average molecular weight is 345 g/mol. The quantitative estimate of drug-likeness (QED) is 0.503. The maximum atomic E-state index is 12.4. The highest BCUT2D eigenvalue weighted by Gasteiger charge is 2.64. The van der Waals surface area contributed by atoms with Gasteiger partial charge in [0.15, 0.2) is 5.75 Å². The van der Waals surface area contributed by atoms with E-state index in [-0.39, 0.29) is 28.7 Å². The molecule has 3 rings (SSSR count). The molecule has 0 radical (unpaired) electrons. The van der Waals surface area contributed by atoms with Crippen LogP contribution in [-0.4, -0.2) is 23.7 Å². The summed E-state index contributed by atoms with van der Waals surface area (Å²) < 4.78 is 4.99. The summed E-state index contributed by atoms with van der Waals surface area (Å²) in [5.41, 5.74) is 3.75. The van der Waals surface area contributed by atoms with Crippen LogP contribution in [0.2, 0.25) is 0 Å². The Bertz CT molecular complexity index is 746. The number of carbonyl (C=O) groups excluding carboxylic acids is 1. The van der Waals surface area contributed by atoms with E-state index in [1.165, 1.54) is 32.1 Å². The maximum Gasteiger partial charge on any atom is 0.311 e. The third-order valence-electron chi connectivity index (χ3n) is 5.74. The Kier molecular flexibility index (Phi) is 4.49. The highest BCUT2D eigenvalue weighted by atomic mass is 16.6. The number of hydrogen-bond donors (Lipinski definition) is 1. The molecule has 134 valence electrons. The van der Waals surface area contributed by atoms with Gasteiger partial charge in [-0.15, -0.1) is 0 Å². The summed E-state index contributed by atoms with van der Waals surface area (Å²) in [7, 11) is 1.39. The van der Waals surface area contributed by atoms with Crippen LogP contribution in [0.4, 0.5) is 5.69 Å². The molecular formula is C18H23N3O4. The lowest BCUT2D eigenvalue weighted by molar-refractivity contribution is -0.385. The van der Waals surface area contributed by atoms with Crippen molar-refractivity contribution >= 4 is 17.3 Å². The normalized spacial score (nSPS) is 28.0. The Balaban J connectivity index is 1.71. The second-order valence-electron chi connectivity index (χ2n) is 7.15. The van der Waals surface area contributed by atoms with E-state index in [0.717, 1.165) is 12.8 Å². The predicted molar refractivity (Wildman–Crippen MR) is 93.6 cm³/mol. The van der Waals surface area contributed by atoms with Crippen LogP contribution < -0.4 is 10.2 Å². The van der Waals surface area contributed by atoms with Crippen molar-refractivity contribution < 1.29 is 14.5 Å². The molecule has 0 saturated heterocycles. The molecule has 2 saturated carbocycles. The molecule has 0 spiro atoms. The van der Waals surface area contributed by atoms with E-state index >= 15 is 0 Å². The van der Waals surface area contributed by atoms with Crippen LogP contribution in [0, 0.1) is 27.4 Å². The number of amides is 1. The van der Waals surface area contributed by atoms with Gasteiger partial charge in [0.05, 0.1) is 17.7 Å². The molecule has 1 aromatic rings. The first-order chi connectivity index (χ1) is 11.9. The molecule has 0 unspecified atom stereocenters. The predicted octanol–water partition coefficient (Wildman–Crippen LogP) is 3.27. The fourth-order valence-corrected chi connectivity index (χ4v) is 4.18. The Hall–Kier alpha value is -2.44. The van der Waals surface area contributed by atoms with Gasteiger partial charge in [-0.25, -0.2) is 5.43 Å². The van der Waals surface area contributed by atoms with Gasteiger partial charge in [0.1, 0.15) is 0 Å². The topological polar surface area (TPSA) is 93.8 Å². The molecule has 7 nitrogen and oxygen atoms in total. The summed E-state index contributed by atoms with van der Waals surface area (Å²) in [6.07, 6.45) is 4.60. The molecule has 7 heteroatoms. The number of carbonyl (C=O) groups is 1. The molecule has 1 N–H and O–H groups in total. The molecule has 0 heterocycles. The first-order valence-corrected chi connectivity index (χ1v) is 8.55. The number of hydrazone groups is 1. The van der Waals surface area contributed by atoms with E-state index in [4.69, 9.17) is 4.74 Å². The Morgan fingerprint density at radius 3 is 2.80 bits per heavy atom. The standard InChI is InChI=1S/C18H23N3O4/c1-11(12-7-8-15(25-3)14(10-12)21(23)24)19-20-17(22)16-13-6-4-5-9-18(13,16)2/h7-8,10,13,16H,4-6,9H2,1-3H3,(H,20,22)/b19-11-/t13-,16-,18+/m1/s1. The van der Waals surface area contributed by atoms with Crippen molar-refractivity contribution in [2.75, 3.05) is 7.11 Å². The van der Waals surface area contributed by atoms with Crippen molar-refractivity contribution in [1.82, 2.24) is 5.43 Å². The number of nitro benzene ring substituents is 1. The monoisotopic (exact) mass is 345 g/mol. The van der Waals surface area contributed by atoms with Crippen LogP contribution in [0.25, 0.3) is 0 Å². The van der Waals surface area contributed by atoms with E-state index in [9.17, 15) is 14.9 Å². The third-order valence-corrected chi connectivity index (χ3v) is 5.74. The van der Waals surface area contributed by atoms with Crippen LogP contribution in [0.15, 0.2) is 23.3 Å². The van der Waals surface area contributed by atoms with Crippen LogP contribution in [0.1, 0.15) is 45.1 Å². The molecule has 2 fully saturated rings. The highest BCUT2D eigenvalue weighted by molar-refractivity contribution is 6.00. The average Bonchev–Trinajstić information content (AvgIpc) is 3.24. The van der Waals surface area contributed by atoms with Gasteiger partial charge in [-0.2, -0.15) is 5.10 Å². The number of fused-ring (bicyclic) bond motifs is 1. The zero-order valence-electron chi connectivity index (χ0n) is 14.7. The number of rotatable bonds is 5. The number of methoxy groups -OCH3 is 1. The van der Waals surface area contributed by atoms with E-state index in [2.05, 4.69) is 17.5 Å². The van der Waals surface area contributed by atoms with Gasteiger partial charge in [-0.3, -0.25) is 14.9 Å². The maximum absolute atomic E-state index is 12.4. The summed E-state index contributed by atoms with van der Waals surface area (Å²) in [4.78, 5) is 23.1. The zero-order chi connectivity index (χ0) is 18.2. The van der Waals surface area contributed by atoms with Gasteiger partial charge in [0.2, 0.25) is 5.91 Å². The summed E-state index contributed by atoms with van der Waals surface area (Å²) in [5.74, 6) is 0.660. The SMILES string of the molecule is COc1ccc(/C(C)=N\NC(=O)[C@H]2[C@H]3CCCC[C@@]32C)cc1[N+](=O)[O-]. The molecule has 3 atom stereocenters. The van der Waals surface area contributed by atoms with Crippen molar-refractivity contribution in [3.8, 4) is 5.75 Å². The zero-order valence-corrected chi connectivity index (χ0v) is 14.7. The van der Waals surface area contributed by atoms with Gasteiger partial charge < -0.3 is 4.74 Å². The number of benzene rings is 1. The van der Waals surface area contributed by atoms with E-state index in [0.29, 0.717) is 17.2 Å². The summed E-state index contributed by atoms with van der Waals surface area (Å²) >= 11 is 0. The van der Waals surface area contributed by atoms with Crippen LogP contribution in [0.5, 0.6) is 5.75 Å². The fourth-order valence-electron chi connectivity index (χ4n) is 4.18. The second-order valence-corrected chi connectivity index (χ2v) is 7.15. The van der Waals surface area contributed by atoms with E-state index < -0.39 is 4.92 Å². The number of nitrogens with zero attached hydrogens (tertiary/aromatic N) is 2. The molecular weight excluding hydrogens is 322 g/mol. The molecule has 0 aromatic heterocycles. The van der Waals surface area contributed by atoms with Crippen molar-refractivity contribution in [3.05, 3.63) is 33.9 Å². The lowest BCUT2D eigenvalue weighted by atomic mass is 9.90. The van der Waals surface area contributed by atoms with Crippen LogP contribution >= 0.6 is 0 Å². The summed E-state index contributed by atoms with van der Waals surface area (Å²) in [6, 6.07) is 4.63. The second kappa shape index (κ2) is 6.46. The smallest absolute Gasteiger partial charge is 0.311 e. The lowest BCUT2D eigenvalue weighted by Crippen LogP contribution is -2.23. The summed E-state index contributed by atoms with van der Waals surface area (Å²) in [6.45, 7) is 3.90. The lowest BCUT2D eigenvalue weighted by Gasteiger charge is -2.15. The van der Waals surface area contributed by atoms with Crippen molar-refractivity contribution in [1.29, 1.82) is 0 Å². The van der Waals surface area contributed by atoms with Gasteiger partial charge in [-0.05, 0) is 43.2 Å². The van der Waals surface area contributed by atoms with Crippen molar-refractivity contribution in [2.24, 2.45) is 22.4 Å². The van der Waals surface area contributed by atoms with E-state index in [1.54, 1.807) is 13.0 Å². The highest BCUT2D eigenvalue weighted by Crippen LogP contribution is 2.66. The van der Waals surface area contributed by atoms with Gasteiger partial charge in [0, 0.05) is 17.5 Å². The minimum Gasteiger partial charge on any atom is -0.490 e. The number of ether oxygens (including phenoxy) is 1. The molecule has 1 aromatic carbocycles. The minimum absolute atomic E-state index is 0.0387. The molecule has 0 aliphatic heterocycles. The largest absolute Gasteiger partial charge is 0.490 e.